The van der Waals surface area contributed by atoms with Gasteiger partial charge in [-0.15, -0.1) is 4.40 Å². The molecule has 2 aliphatic heterocycles. The van der Waals surface area contributed by atoms with Crippen molar-refractivity contribution in [1.29, 1.82) is 0 Å². The third-order valence-electron chi connectivity index (χ3n) is 3.99. The SMILES string of the molecule is CN(C)C(C)(C)CNC(=O)C1=CC=CN2CCS(=O)(=O)N=C12. The Hall–Kier alpha value is -1.67. The Morgan fingerprint density at radius 2 is 2.14 bits per heavy atom. The van der Waals surface area contributed by atoms with Gasteiger partial charge in [0.05, 0.1) is 11.3 Å². The van der Waals surface area contributed by atoms with Crippen LogP contribution in [-0.4, -0.2) is 68.4 Å². The van der Waals surface area contributed by atoms with E-state index in [1.54, 1.807) is 23.3 Å². The highest BCUT2D eigenvalue weighted by Crippen LogP contribution is 2.18. The quantitative estimate of drug-likeness (QED) is 0.783. The molecular formula is C14H22N4O3S. The smallest absolute Gasteiger partial charge is 0.256 e. The lowest BCUT2D eigenvalue weighted by molar-refractivity contribution is -0.117. The van der Waals surface area contributed by atoms with E-state index in [0.717, 1.165) is 0 Å². The van der Waals surface area contributed by atoms with E-state index < -0.39 is 10.0 Å². The summed E-state index contributed by atoms with van der Waals surface area (Å²) in [6.07, 6.45) is 5.05. The number of hydrogen-bond donors (Lipinski definition) is 1. The number of carbonyl (C=O) groups excluding carboxylic acids is 1. The van der Waals surface area contributed by atoms with E-state index in [1.807, 2.05) is 32.8 Å². The molecule has 0 aromatic heterocycles. The highest BCUT2D eigenvalue weighted by atomic mass is 32.2. The van der Waals surface area contributed by atoms with Gasteiger partial charge >= 0.3 is 0 Å². The van der Waals surface area contributed by atoms with Crippen LogP contribution in [0.25, 0.3) is 0 Å². The first kappa shape index (κ1) is 16.7. The topological polar surface area (TPSA) is 82.1 Å². The molecule has 0 atom stereocenters. The fraction of sp³-hybridized carbons (Fsp3) is 0.571. The largest absolute Gasteiger partial charge is 0.350 e. The Morgan fingerprint density at radius 3 is 2.77 bits per heavy atom. The summed E-state index contributed by atoms with van der Waals surface area (Å²) in [6.45, 7) is 4.78. The predicted molar refractivity (Wildman–Crippen MR) is 85.9 cm³/mol. The van der Waals surface area contributed by atoms with Crippen molar-refractivity contribution in [3.8, 4) is 0 Å². The molecule has 0 saturated carbocycles. The molecule has 0 spiro atoms. The molecule has 2 heterocycles. The van der Waals surface area contributed by atoms with Crippen molar-refractivity contribution in [1.82, 2.24) is 15.1 Å². The minimum atomic E-state index is -3.49. The van der Waals surface area contributed by atoms with Crippen molar-refractivity contribution < 1.29 is 13.2 Å². The van der Waals surface area contributed by atoms with Crippen molar-refractivity contribution in [3.63, 3.8) is 0 Å². The van der Waals surface area contributed by atoms with Crippen LogP contribution in [-0.2, 0) is 14.8 Å². The fourth-order valence-electron chi connectivity index (χ4n) is 1.94. The normalized spacial score (nSPS) is 20.3. The van der Waals surface area contributed by atoms with Crippen molar-refractivity contribution in [2.24, 2.45) is 4.40 Å². The first-order valence-corrected chi connectivity index (χ1v) is 8.67. The molecule has 0 saturated heterocycles. The van der Waals surface area contributed by atoms with Gasteiger partial charge in [0.15, 0.2) is 5.84 Å². The lowest BCUT2D eigenvalue weighted by Crippen LogP contribution is -2.50. The van der Waals surface area contributed by atoms with Crippen molar-refractivity contribution in [3.05, 3.63) is 23.9 Å². The number of fused-ring (bicyclic) bond motifs is 1. The van der Waals surface area contributed by atoms with Gasteiger partial charge in [0.1, 0.15) is 0 Å². The Bertz CT molecular complexity index is 660. The highest BCUT2D eigenvalue weighted by molar-refractivity contribution is 7.90. The van der Waals surface area contributed by atoms with Crippen molar-refractivity contribution in [2.45, 2.75) is 19.4 Å². The average molecular weight is 326 g/mol. The number of carbonyl (C=O) groups is 1. The molecule has 0 bridgehead atoms. The molecule has 1 N–H and O–H groups in total. The number of likely N-dealkylation sites (N-methyl/N-ethyl adjacent to an activating group) is 1. The third kappa shape index (κ3) is 3.56. The van der Waals surface area contributed by atoms with Crippen LogP contribution in [0.3, 0.4) is 0 Å². The third-order valence-corrected chi connectivity index (χ3v) is 5.14. The fourth-order valence-corrected chi connectivity index (χ4v) is 2.93. The van der Waals surface area contributed by atoms with E-state index in [9.17, 15) is 13.2 Å². The Morgan fingerprint density at radius 1 is 1.45 bits per heavy atom. The van der Waals surface area contributed by atoms with E-state index in [4.69, 9.17) is 0 Å². The Labute approximate surface area is 131 Å². The molecule has 2 aliphatic rings. The Kier molecular flexibility index (Phi) is 4.44. The minimum Gasteiger partial charge on any atom is -0.350 e. The second-order valence-electron chi connectivity index (χ2n) is 6.21. The van der Waals surface area contributed by atoms with Gasteiger partial charge in [-0.2, -0.15) is 0 Å². The molecule has 7 nitrogen and oxygen atoms in total. The summed E-state index contributed by atoms with van der Waals surface area (Å²) >= 11 is 0. The van der Waals surface area contributed by atoms with E-state index in [2.05, 4.69) is 9.71 Å². The summed E-state index contributed by atoms with van der Waals surface area (Å²) in [6, 6.07) is 0. The minimum absolute atomic E-state index is 0.0383. The molecular weight excluding hydrogens is 304 g/mol. The number of nitrogens with zero attached hydrogens (tertiary/aromatic N) is 3. The van der Waals surface area contributed by atoms with Gasteiger partial charge in [-0.1, -0.05) is 0 Å². The second-order valence-corrected chi connectivity index (χ2v) is 7.96. The van der Waals surface area contributed by atoms with Crippen LogP contribution in [0.2, 0.25) is 0 Å². The summed E-state index contributed by atoms with van der Waals surface area (Å²) in [5.74, 6) is -0.155. The zero-order valence-electron chi connectivity index (χ0n) is 13.3. The van der Waals surface area contributed by atoms with E-state index in [1.165, 1.54) is 0 Å². The molecule has 22 heavy (non-hydrogen) atoms. The van der Waals surface area contributed by atoms with Gasteiger partial charge in [-0.3, -0.25) is 4.79 Å². The lowest BCUT2D eigenvalue weighted by atomic mass is 10.0. The zero-order chi connectivity index (χ0) is 16.5. The molecule has 0 fully saturated rings. The van der Waals surface area contributed by atoms with Crippen LogP contribution in [0, 0.1) is 0 Å². The average Bonchev–Trinajstić information content (AvgIpc) is 2.43. The number of amides is 1. The van der Waals surface area contributed by atoms with Crippen LogP contribution in [0.5, 0.6) is 0 Å². The number of hydrogen-bond acceptors (Lipinski definition) is 5. The van der Waals surface area contributed by atoms with Crippen LogP contribution in [0.4, 0.5) is 0 Å². The van der Waals surface area contributed by atoms with Crippen molar-refractivity contribution >= 4 is 21.8 Å². The number of rotatable bonds is 4. The van der Waals surface area contributed by atoms with Gasteiger partial charge in [0.2, 0.25) is 0 Å². The first-order chi connectivity index (χ1) is 10.1. The second kappa shape index (κ2) is 5.85. The monoisotopic (exact) mass is 326 g/mol. The zero-order valence-corrected chi connectivity index (χ0v) is 14.1. The van der Waals surface area contributed by atoms with E-state index in [0.29, 0.717) is 13.1 Å². The molecule has 2 rings (SSSR count). The van der Waals surface area contributed by atoms with Gasteiger partial charge < -0.3 is 15.1 Å². The number of nitrogens with one attached hydrogen (secondary N) is 1. The molecule has 8 heteroatoms. The van der Waals surface area contributed by atoms with Gasteiger partial charge in [-0.05, 0) is 40.1 Å². The van der Waals surface area contributed by atoms with Gasteiger partial charge in [-0.25, -0.2) is 8.42 Å². The van der Waals surface area contributed by atoms with Crippen LogP contribution in [0.1, 0.15) is 13.8 Å². The molecule has 1 amide bonds. The number of sulfonamides is 1. The molecule has 0 aliphatic carbocycles. The van der Waals surface area contributed by atoms with Gasteiger partial charge in [0, 0.05) is 24.8 Å². The van der Waals surface area contributed by atoms with E-state index >= 15 is 0 Å². The van der Waals surface area contributed by atoms with E-state index in [-0.39, 0.29) is 28.6 Å². The molecule has 0 unspecified atom stereocenters. The van der Waals surface area contributed by atoms with Crippen LogP contribution in [0.15, 0.2) is 28.3 Å². The summed E-state index contributed by atoms with van der Waals surface area (Å²) in [5.41, 5.74) is 0.0706. The molecule has 122 valence electrons. The first-order valence-electron chi connectivity index (χ1n) is 7.06. The summed E-state index contributed by atoms with van der Waals surface area (Å²) in [5, 5.41) is 2.85. The van der Waals surface area contributed by atoms with Crippen LogP contribution < -0.4 is 5.32 Å². The number of allylic oxidation sites excluding steroid dienone is 2. The Balaban J connectivity index is 2.17. The van der Waals surface area contributed by atoms with Crippen molar-refractivity contribution in [2.75, 3.05) is 32.9 Å². The summed E-state index contributed by atoms with van der Waals surface area (Å²) in [4.78, 5) is 16.1. The summed E-state index contributed by atoms with van der Waals surface area (Å²) < 4.78 is 27.1. The molecule has 0 aromatic carbocycles. The maximum Gasteiger partial charge on any atom is 0.256 e. The summed E-state index contributed by atoms with van der Waals surface area (Å²) in [7, 11) is 0.385. The van der Waals surface area contributed by atoms with Crippen LogP contribution >= 0.6 is 0 Å². The number of amidine groups is 1. The molecule has 0 aromatic rings. The maximum absolute atomic E-state index is 12.4. The molecule has 0 radical (unpaired) electrons. The highest BCUT2D eigenvalue weighted by Gasteiger charge is 2.30. The predicted octanol–water partition coefficient (Wildman–Crippen LogP) is -0.0596. The maximum atomic E-state index is 12.4. The van der Waals surface area contributed by atoms with Gasteiger partial charge in [0.25, 0.3) is 15.9 Å². The lowest BCUT2D eigenvalue weighted by Gasteiger charge is -2.33. The standard InChI is InChI=1S/C14H22N4O3S/c1-14(2,17(3)4)10-15-13(19)11-6-5-7-18-8-9-22(20,21)16-12(11)18/h5-7H,8-10H2,1-4H3,(H,15,19).